The van der Waals surface area contributed by atoms with Crippen LogP contribution in [-0.4, -0.2) is 53.3 Å². The Morgan fingerprint density at radius 3 is 2.71 bits per heavy atom. The number of ether oxygens (including phenoxy) is 3. The average Bonchev–Trinajstić information content (AvgIpc) is 3.16. The SMILES string of the molecule is COc1ccc(COC(=O)C2=C([C@H]3CC[C@@H](C)O3)CS[C@@H]3[C@H](N)C(=O)N23)cc1. The van der Waals surface area contributed by atoms with Gasteiger partial charge < -0.3 is 19.9 Å². The molecule has 0 bridgehead atoms. The maximum atomic E-state index is 13.0. The second-order valence-electron chi connectivity index (χ2n) is 7.25. The first-order valence-corrected chi connectivity index (χ1v) is 10.4. The van der Waals surface area contributed by atoms with Crippen molar-refractivity contribution < 1.29 is 23.8 Å². The molecular formula is C20H24N2O5S. The van der Waals surface area contributed by atoms with Gasteiger partial charge in [-0.3, -0.25) is 9.69 Å². The van der Waals surface area contributed by atoms with Crippen LogP contribution in [0.3, 0.4) is 0 Å². The Hall–Kier alpha value is -2.03. The number of carbonyl (C=O) groups is 2. The first-order valence-electron chi connectivity index (χ1n) is 9.38. The Balaban J connectivity index is 1.55. The Morgan fingerprint density at radius 2 is 2.07 bits per heavy atom. The van der Waals surface area contributed by atoms with Crippen LogP contribution in [0.25, 0.3) is 0 Å². The van der Waals surface area contributed by atoms with Crippen LogP contribution in [0.15, 0.2) is 35.5 Å². The van der Waals surface area contributed by atoms with Crippen LogP contribution < -0.4 is 10.5 Å². The largest absolute Gasteiger partial charge is 0.497 e. The molecule has 0 unspecified atom stereocenters. The lowest BCUT2D eigenvalue weighted by Gasteiger charge is -2.48. The highest BCUT2D eigenvalue weighted by molar-refractivity contribution is 8.00. The maximum absolute atomic E-state index is 13.0. The molecule has 3 aliphatic rings. The molecule has 1 amide bonds. The molecule has 0 spiro atoms. The molecule has 0 aromatic heterocycles. The van der Waals surface area contributed by atoms with E-state index in [4.69, 9.17) is 19.9 Å². The minimum absolute atomic E-state index is 0.118. The topological polar surface area (TPSA) is 91.1 Å². The van der Waals surface area contributed by atoms with Crippen molar-refractivity contribution in [1.82, 2.24) is 4.90 Å². The fourth-order valence-electron chi connectivity index (χ4n) is 3.77. The van der Waals surface area contributed by atoms with Crippen molar-refractivity contribution >= 4 is 23.6 Å². The van der Waals surface area contributed by atoms with Crippen LogP contribution in [0, 0.1) is 0 Å². The third-order valence-electron chi connectivity index (χ3n) is 5.38. The highest BCUT2D eigenvalue weighted by Gasteiger charge is 2.53. The van der Waals surface area contributed by atoms with Crippen LogP contribution in [0.4, 0.5) is 0 Å². The molecule has 150 valence electrons. The molecule has 3 heterocycles. The number of fused-ring (bicyclic) bond motifs is 1. The molecule has 1 aromatic rings. The van der Waals surface area contributed by atoms with E-state index in [1.165, 1.54) is 4.90 Å². The second-order valence-corrected chi connectivity index (χ2v) is 8.35. The average molecular weight is 404 g/mol. The number of β-lactam (4-membered cyclic amide) rings is 1. The number of esters is 1. The Labute approximate surface area is 168 Å². The molecule has 0 saturated carbocycles. The molecule has 2 N–H and O–H groups in total. The number of rotatable bonds is 5. The first-order chi connectivity index (χ1) is 13.5. The van der Waals surface area contributed by atoms with Crippen LogP contribution in [0.5, 0.6) is 5.75 Å². The van der Waals surface area contributed by atoms with Gasteiger partial charge in [-0.1, -0.05) is 12.1 Å². The first kappa shape index (κ1) is 19.3. The van der Waals surface area contributed by atoms with E-state index in [2.05, 4.69) is 0 Å². The van der Waals surface area contributed by atoms with Crippen LogP contribution in [0.1, 0.15) is 25.3 Å². The normalized spacial score (nSPS) is 29.4. The lowest BCUT2D eigenvalue weighted by Crippen LogP contribution is -2.68. The molecule has 2 saturated heterocycles. The van der Waals surface area contributed by atoms with E-state index >= 15 is 0 Å². The van der Waals surface area contributed by atoms with Gasteiger partial charge >= 0.3 is 5.97 Å². The summed E-state index contributed by atoms with van der Waals surface area (Å²) in [6, 6.07) is 6.74. The molecule has 2 fully saturated rings. The predicted molar refractivity (Wildman–Crippen MR) is 104 cm³/mol. The number of methoxy groups -OCH3 is 1. The van der Waals surface area contributed by atoms with E-state index in [1.54, 1.807) is 18.9 Å². The summed E-state index contributed by atoms with van der Waals surface area (Å²) in [5.74, 6) is 0.614. The van der Waals surface area contributed by atoms with Crippen LogP contribution >= 0.6 is 11.8 Å². The fraction of sp³-hybridized carbons (Fsp3) is 0.500. The van der Waals surface area contributed by atoms with E-state index in [0.29, 0.717) is 11.4 Å². The highest BCUT2D eigenvalue weighted by Crippen LogP contribution is 2.43. The monoisotopic (exact) mass is 404 g/mol. The van der Waals surface area contributed by atoms with Gasteiger partial charge in [0.05, 0.1) is 19.3 Å². The molecule has 4 rings (SSSR count). The summed E-state index contributed by atoms with van der Waals surface area (Å²) in [5.41, 5.74) is 7.93. The molecule has 3 aliphatic heterocycles. The van der Waals surface area contributed by atoms with Gasteiger partial charge in [-0.25, -0.2) is 4.79 Å². The lowest BCUT2D eigenvalue weighted by atomic mass is 9.99. The zero-order valence-electron chi connectivity index (χ0n) is 15.9. The number of nitrogens with two attached hydrogens (primary N) is 1. The zero-order chi connectivity index (χ0) is 19.8. The van der Waals surface area contributed by atoms with Crippen molar-refractivity contribution in [3.8, 4) is 5.75 Å². The molecule has 0 radical (unpaired) electrons. The van der Waals surface area contributed by atoms with Gasteiger partial charge in [-0.05, 0) is 43.0 Å². The van der Waals surface area contributed by atoms with Crippen molar-refractivity contribution in [2.24, 2.45) is 5.73 Å². The summed E-state index contributed by atoms with van der Waals surface area (Å²) >= 11 is 1.58. The van der Waals surface area contributed by atoms with Gasteiger partial charge in [-0.15, -0.1) is 11.8 Å². The van der Waals surface area contributed by atoms with Gasteiger partial charge in [0, 0.05) is 5.75 Å². The smallest absolute Gasteiger partial charge is 0.355 e. The quantitative estimate of drug-likeness (QED) is 0.591. The van der Waals surface area contributed by atoms with E-state index in [0.717, 1.165) is 29.7 Å². The van der Waals surface area contributed by atoms with Crippen LogP contribution in [-0.2, 0) is 25.7 Å². The standard InChI is InChI=1S/C20H24N2O5S/c1-11-3-8-15(27-11)14-10-28-19-16(21)18(23)22(19)17(14)20(24)26-9-12-4-6-13(25-2)7-5-12/h4-7,11,15-16,19H,3,8-10,21H2,1-2H3/t11-,15-,16-,19-/m1/s1. The fourth-order valence-corrected chi connectivity index (χ4v) is 5.13. The van der Waals surface area contributed by atoms with E-state index in [-0.39, 0.29) is 30.1 Å². The number of thioether (sulfide) groups is 1. The lowest BCUT2D eigenvalue weighted by molar-refractivity contribution is -0.151. The van der Waals surface area contributed by atoms with E-state index < -0.39 is 12.0 Å². The summed E-state index contributed by atoms with van der Waals surface area (Å²) in [4.78, 5) is 26.8. The zero-order valence-corrected chi connectivity index (χ0v) is 16.7. The number of amides is 1. The summed E-state index contributed by atoms with van der Waals surface area (Å²) in [5, 5.41) is -0.210. The van der Waals surface area contributed by atoms with Gasteiger partial charge in [0.15, 0.2) is 0 Å². The molecule has 28 heavy (non-hydrogen) atoms. The molecule has 0 aliphatic carbocycles. The Kier molecular flexibility index (Phi) is 5.35. The number of hydrogen-bond donors (Lipinski definition) is 1. The molecule has 7 nitrogen and oxygen atoms in total. The minimum atomic E-state index is -0.570. The molecule has 1 aromatic carbocycles. The van der Waals surface area contributed by atoms with Gasteiger partial charge in [0.1, 0.15) is 29.5 Å². The predicted octanol–water partition coefficient (Wildman–Crippen LogP) is 1.80. The summed E-state index contributed by atoms with van der Waals surface area (Å²) in [6.45, 7) is 2.14. The van der Waals surface area contributed by atoms with Crippen molar-refractivity contribution in [3.05, 3.63) is 41.1 Å². The summed E-state index contributed by atoms with van der Waals surface area (Å²) < 4.78 is 16.7. The van der Waals surface area contributed by atoms with Crippen molar-refractivity contribution in [2.45, 2.75) is 50.0 Å². The van der Waals surface area contributed by atoms with Gasteiger partial charge in [0.2, 0.25) is 5.91 Å². The van der Waals surface area contributed by atoms with Crippen molar-refractivity contribution in [1.29, 1.82) is 0 Å². The van der Waals surface area contributed by atoms with Crippen molar-refractivity contribution in [3.63, 3.8) is 0 Å². The number of nitrogens with zero attached hydrogens (tertiary/aromatic N) is 1. The Morgan fingerprint density at radius 1 is 1.32 bits per heavy atom. The third kappa shape index (κ3) is 3.40. The van der Waals surface area contributed by atoms with Gasteiger partial charge in [-0.2, -0.15) is 0 Å². The van der Waals surface area contributed by atoms with Crippen molar-refractivity contribution in [2.75, 3.05) is 12.9 Å². The molecule has 4 atom stereocenters. The molecule has 8 heteroatoms. The van der Waals surface area contributed by atoms with Gasteiger partial charge in [0.25, 0.3) is 0 Å². The third-order valence-corrected chi connectivity index (χ3v) is 6.71. The molecular weight excluding hydrogens is 380 g/mol. The number of hydrogen-bond acceptors (Lipinski definition) is 7. The van der Waals surface area contributed by atoms with Crippen LogP contribution in [0.2, 0.25) is 0 Å². The Bertz CT molecular complexity index is 809. The summed E-state index contributed by atoms with van der Waals surface area (Å²) in [7, 11) is 1.60. The minimum Gasteiger partial charge on any atom is -0.497 e. The maximum Gasteiger partial charge on any atom is 0.355 e. The number of carbonyl (C=O) groups excluding carboxylic acids is 2. The summed E-state index contributed by atoms with van der Waals surface area (Å²) in [6.07, 6.45) is 1.76. The second kappa shape index (κ2) is 7.77. The number of benzene rings is 1. The van der Waals surface area contributed by atoms with E-state index in [1.807, 2.05) is 31.2 Å². The highest BCUT2D eigenvalue weighted by atomic mass is 32.2. The van der Waals surface area contributed by atoms with E-state index in [9.17, 15) is 9.59 Å².